The van der Waals surface area contributed by atoms with Crippen molar-refractivity contribution in [1.82, 2.24) is 24.6 Å². The lowest BCUT2D eigenvalue weighted by Gasteiger charge is -2.51. The highest BCUT2D eigenvalue weighted by molar-refractivity contribution is 6.36. The van der Waals surface area contributed by atoms with E-state index in [0.29, 0.717) is 37.9 Å². The maximum Gasteiger partial charge on any atom is 0.170 e. The van der Waals surface area contributed by atoms with Crippen LogP contribution in [0.25, 0.3) is 28.2 Å². The van der Waals surface area contributed by atoms with Gasteiger partial charge in [0.1, 0.15) is 12.2 Å². The summed E-state index contributed by atoms with van der Waals surface area (Å²) < 4.78 is 1.94. The van der Waals surface area contributed by atoms with Crippen molar-refractivity contribution in [2.24, 2.45) is 0 Å². The molecule has 0 atom stereocenters. The van der Waals surface area contributed by atoms with Gasteiger partial charge in [0.25, 0.3) is 0 Å². The Balaban J connectivity index is 1.65. The van der Waals surface area contributed by atoms with Gasteiger partial charge in [-0.15, -0.1) is 0 Å². The largest absolute Gasteiger partial charge is 0.365 e. The number of fused-ring (bicyclic) bond motifs is 1. The Labute approximate surface area is 225 Å². The summed E-state index contributed by atoms with van der Waals surface area (Å²) in [6, 6.07) is 12.9. The van der Waals surface area contributed by atoms with E-state index in [9.17, 15) is 5.21 Å². The predicted molar refractivity (Wildman–Crippen MR) is 146 cm³/mol. The lowest BCUT2D eigenvalue weighted by atomic mass is 9.79. The molecule has 4 aromatic rings. The van der Waals surface area contributed by atoms with Gasteiger partial charge in [0.2, 0.25) is 0 Å². The lowest BCUT2D eigenvalue weighted by molar-refractivity contribution is -0.243. The van der Waals surface area contributed by atoms with Gasteiger partial charge in [-0.2, -0.15) is 5.06 Å². The van der Waals surface area contributed by atoms with Crippen molar-refractivity contribution >= 4 is 51.8 Å². The van der Waals surface area contributed by atoms with Crippen molar-refractivity contribution < 1.29 is 5.21 Å². The molecule has 5 rings (SSSR count). The number of aromatic nitrogens is 4. The van der Waals surface area contributed by atoms with Crippen LogP contribution in [0.4, 0.5) is 5.82 Å². The summed E-state index contributed by atoms with van der Waals surface area (Å²) in [6.45, 7) is 8.14. The molecule has 0 radical (unpaired) electrons. The van der Waals surface area contributed by atoms with E-state index in [0.717, 1.165) is 24.1 Å². The molecule has 2 aromatic heterocycles. The van der Waals surface area contributed by atoms with E-state index in [2.05, 4.69) is 15.3 Å². The maximum atomic E-state index is 10.7. The molecule has 0 amide bonds. The van der Waals surface area contributed by atoms with E-state index >= 15 is 0 Å². The van der Waals surface area contributed by atoms with Crippen molar-refractivity contribution in [1.29, 1.82) is 0 Å². The summed E-state index contributed by atoms with van der Waals surface area (Å²) >= 11 is 18.9. The summed E-state index contributed by atoms with van der Waals surface area (Å²) in [5.74, 6) is 1.24. The Bertz CT molecular complexity index is 1420. The molecule has 1 aliphatic heterocycles. The van der Waals surface area contributed by atoms with Gasteiger partial charge >= 0.3 is 0 Å². The number of hydrogen-bond donors (Lipinski definition) is 2. The van der Waals surface area contributed by atoms with Crippen LogP contribution in [0, 0.1) is 0 Å². The highest BCUT2D eigenvalue weighted by Gasteiger charge is 2.45. The van der Waals surface area contributed by atoms with Crippen molar-refractivity contribution in [3.8, 4) is 17.1 Å². The zero-order valence-electron chi connectivity index (χ0n) is 20.4. The first-order valence-electron chi connectivity index (χ1n) is 11.7. The fraction of sp³-hybridized carbons (Fsp3) is 0.346. The number of nitrogens with zero attached hydrogens (tertiary/aromatic N) is 5. The van der Waals surface area contributed by atoms with Crippen LogP contribution in [0.3, 0.4) is 0 Å². The van der Waals surface area contributed by atoms with Crippen molar-refractivity contribution in [3.63, 3.8) is 0 Å². The third-order valence-corrected chi connectivity index (χ3v) is 7.48. The molecule has 36 heavy (non-hydrogen) atoms. The Morgan fingerprint density at radius 1 is 0.917 bits per heavy atom. The average molecular weight is 546 g/mol. The van der Waals surface area contributed by atoms with E-state index in [4.69, 9.17) is 39.8 Å². The number of nitrogens with one attached hydrogen (secondary N) is 1. The van der Waals surface area contributed by atoms with Crippen molar-refractivity contribution in [2.45, 2.75) is 57.7 Å². The molecule has 0 unspecified atom stereocenters. The van der Waals surface area contributed by atoms with Gasteiger partial charge in [0.05, 0.1) is 5.02 Å². The first kappa shape index (κ1) is 25.2. The second-order valence-electron chi connectivity index (χ2n) is 10.5. The summed E-state index contributed by atoms with van der Waals surface area (Å²) in [6.07, 6.45) is 2.99. The third-order valence-electron chi connectivity index (χ3n) is 6.68. The molecule has 1 saturated heterocycles. The molecule has 10 heteroatoms. The number of hydrogen-bond acceptors (Lipinski definition) is 6. The van der Waals surface area contributed by atoms with E-state index < -0.39 is 11.1 Å². The molecule has 2 aromatic carbocycles. The summed E-state index contributed by atoms with van der Waals surface area (Å²) in [5, 5.41) is 17.4. The number of piperidine rings is 1. The Morgan fingerprint density at radius 3 is 2.19 bits per heavy atom. The van der Waals surface area contributed by atoms with Crippen LogP contribution in [0.2, 0.25) is 15.1 Å². The molecule has 1 fully saturated rings. The van der Waals surface area contributed by atoms with Crippen LogP contribution in [-0.2, 0) is 0 Å². The number of hydroxylamine groups is 2. The molecule has 1 aliphatic rings. The number of benzene rings is 2. The van der Waals surface area contributed by atoms with Crippen LogP contribution < -0.4 is 5.32 Å². The minimum absolute atomic E-state index is 0.0692. The molecule has 7 nitrogen and oxygen atoms in total. The van der Waals surface area contributed by atoms with Gasteiger partial charge in [-0.05, 0) is 83.0 Å². The monoisotopic (exact) mass is 544 g/mol. The molecular formula is C26H27Cl3N6O. The standard InChI is InChI=1S/C26H27Cl3N6O/c1-25(2)12-17(13-26(3,4)35(25)36)32-22-21-24(31-14-30-22)34(18-8-5-15(27)6-9-18)23(33-21)19-10-7-16(28)11-20(19)29/h5-11,14,17,36H,12-13H2,1-4H3,(H,30,31,32). The third kappa shape index (κ3) is 4.55. The van der Waals surface area contributed by atoms with Gasteiger partial charge in [-0.1, -0.05) is 34.8 Å². The zero-order valence-corrected chi connectivity index (χ0v) is 22.7. The van der Waals surface area contributed by atoms with Gasteiger partial charge in [-0.3, -0.25) is 4.57 Å². The van der Waals surface area contributed by atoms with Crippen LogP contribution in [0.5, 0.6) is 0 Å². The average Bonchev–Trinajstić information content (AvgIpc) is 3.18. The van der Waals surface area contributed by atoms with Gasteiger partial charge in [0.15, 0.2) is 17.0 Å². The minimum atomic E-state index is -0.407. The molecule has 0 aliphatic carbocycles. The van der Waals surface area contributed by atoms with E-state index in [1.54, 1.807) is 12.1 Å². The second kappa shape index (κ2) is 9.15. The minimum Gasteiger partial charge on any atom is -0.365 e. The maximum absolute atomic E-state index is 10.7. The Kier molecular flexibility index (Phi) is 6.42. The normalized spacial score (nSPS) is 18.0. The highest BCUT2D eigenvalue weighted by Crippen LogP contribution is 2.39. The fourth-order valence-electron chi connectivity index (χ4n) is 5.25. The fourth-order valence-corrected chi connectivity index (χ4v) is 5.87. The number of rotatable bonds is 4. The van der Waals surface area contributed by atoms with Crippen molar-refractivity contribution in [2.75, 3.05) is 5.32 Å². The lowest BCUT2D eigenvalue weighted by Crippen LogP contribution is -2.61. The van der Waals surface area contributed by atoms with Crippen LogP contribution in [0.1, 0.15) is 40.5 Å². The van der Waals surface area contributed by atoms with Crippen LogP contribution in [0.15, 0.2) is 48.8 Å². The predicted octanol–water partition coefficient (Wildman–Crippen LogP) is 7.27. The topological polar surface area (TPSA) is 79.1 Å². The Hall–Kier alpha value is -2.42. The summed E-state index contributed by atoms with van der Waals surface area (Å²) in [4.78, 5) is 14.1. The van der Waals surface area contributed by atoms with E-state index in [-0.39, 0.29) is 6.04 Å². The molecule has 2 N–H and O–H groups in total. The van der Waals surface area contributed by atoms with Crippen molar-refractivity contribution in [3.05, 3.63) is 63.9 Å². The Morgan fingerprint density at radius 2 is 1.56 bits per heavy atom. The summed E-state index contributed by atoms with van der Waals surface area (Å²) in [7, 11) is 0. The first-order valence-corrected chi connectivity index (χ1v) is 12.8. The van der Waals surface area contributed by atoms with Gasteiger partial charge < -0.3 is 10.5 Å². The molecule has 3 heterocycles. The van der Waals surface area contributed by atoms with E-state index in [1.807, 2.05) is 62.6 Å². The highest BCUT2D eigenvalue weighted by atomic mass is 35.5. The molecule has 0 saturated carbocycles. The quantitative estimate of drug-likeness (QED) is 0.281. The first-order chi connectivity index (χ1) is 17.0. The number of imidazole rings is 1. The van der Waals surface area contributed by atoms with Crippen LogP contribution >= 0.6 is 34.8 Å². The molecular weight excluding hydrogens is 519 g/mol. The molecule has 0 spiro atoms. The van der Waals surface area contributed by atoms with Gasteiger partial charge in [-0.25, -0.2) is 15.0 Å². The number of halogens is 3. The SMILES string of the molecule is CC1(C)CC(Nc2ncnc3c2nc(-c2ccc(Cl)cc2Cl)n3-c2ccc(Cl)cc2)CC(C)(C)N1O. The van der Waals surface area contributed by atoms with Crippen LogP contribution in [-0.4, -0.2) is 46.9 Å². The molecule has 188 valence electrons. The number of anilines is 1. The molecule has 0 bridgehead atoms. The second-order valence-corrected chi connectivity index (χ2v) is 11.7. The smallest absolute Gasteiger partial charge is 0.170 e. The van der Waals surface area contributed by atoms with E-state index in [1.165, 1.54) is 11.4 Å². The summed E-state index contributed by atoms with van der Waals surface area (Å²) in [5.41, 5.74) is 2.00. The zero-order chi connectivity index (χ0) is 25.8. The van der Waals surface area contributed by atoms with Gasteiger partial charge in [0, 0.05) is 38.4 Å².